The number of nitrogens with two attached hydrogens (primary N) is 1. The molecule has 2 rings (SSSR count). The van der Waals surface area contributed by atoms with Crippen LogP contribution in [-0.2, 0) is 4.79 Å². The van der Waals surface area contributed by atoms with Crippen LogP contribution < -0.4 is 21.3 Å². The Labute approximate surface area is 123 Å². The van der Waals surface area contributed by atoms with E-state index in [9.17, 15) is 9.59 Å². The van der Waals surface area contributed by atoms with Crippen LogP contribution in [0.5, 0.6) is 0 Å². The van der Waals surface area contributed by atoms with Gasteiger partial charge in [0.15, 0.2) is 0 Å². The molecule has 7 heteroatoms. The lowest BCUT2D eigenvalue weighted by atomic mass is 10.1. The van der Waals surface area contributed by atoms with Crippen LogP contribution in [0.1, 0.15) is 26.2 Å². The Hall–Kier alpha value is -2.31. The number of anilines is 2. The van der Waals surface area contributed by atoms with Gasteiger partial charge in [0.1, 0.15) is 11.9 Å². The van der Waals surface area contributed by atoms with Crippen molar-refractivity contribution in [3.05, 3.63) is 18.3 Å². The molecule has 1 aliphatic rings. The van der Waals surface area contributed by atoms with E-state index in [1.807, 2.05) is 12.1 Å². The van der Waals surface area contributed by atoms with E-state index in [2.05, 4.69) is 20.5 Å². The van der Waals surface area contributed by atoms with Crippen LogP contribution in [-0.4, -0.2) is 36.1 Å². The number of piperidine rings is 1. The summed E-state index contributed by atoms with van der Waals surface area (Å²) >= 11 is 0. The maximum atomic E-state index is 11.8. The molecule has 3 amide bonds. The second kappa shape index (κ2) is 6.92. The molecule has 2 heterocycles. The predicted octanol–water partition coefficient (Wildman–Crippen LogP) is 1.07. The summed E-state index contributed by atoms with van der Waals surface area (Å²) in [5.74, 6) is 0.595. The van der Waals surface area contributed by atoms with Crippen molar-refractivity contribution in [2.75, 3.05) is 23.3 Å². The van der Waals surface area contributed by atoms with Crippen LogP contribution in [0.4, 0.5) is 16.3 Å². The van der Waals surface area contributed by atoms with Gasteiger partial charge in [0.25, 0.3) is 0 Å². The molecule has 1 aromatic rings. The van der Waals surface area contributed by atoms with Crippen LogP contribution in [0, 0.1) is 0 Å². The highest BCUT2D eigenvalue weighted by molar-refractivity contribution is 5.96. The Kier molecular flexibility index (Phi) is 4.97. The molecule has 1 atom stereocenters. The van der Waals surface area contributed by atoms with Crippen molar-refractivity contribution in [2.24, 2.45) is 5.73 Å². The van der Waals surface area contributed by atoms with Crippen molar-refractivity contribution in [2.45, 2.75) is 32.2 Å². The van der Waals surface area contributed by atoms with Gasteiger partial charge in [-0.15, -0.1) is 0 Å². The normalized spacial score (nSPS) is 16.1. The lowest BCUT2D eigenvalue weighted by Gasteiger charge is -2.27. The standard InChI is InChI=1S/C14H21N5O2/c1-10(17-14(15)21)13(20)18-11-5-6-12(16-9-11)19-7-3-2-4-8-19/h5-6,9-10H,2-4,7-8H2,1H3,(H,18,20)(H3,15,17,21)/t10-/m0/s1. The molecule has 0 spiro atoms. The van der Waals surface area contributed by atoms with E-state index in [0.717, 1.165) is 18.9 Å². The summed E-state index contributed by atoms with van der Waals surface area (Å²) < 4.78 is 0. The zero-order chi connectivity index (χ0) is 15.2. The third kappa shape index (κ3) is 4.34. The van der Waals surface area contributed by atoms with Gasteiger partial charge < -0.3 is 21.3 Å². The molecule has 7 nitrogen and oxygen atoms in total. The van der Waals surface area contributed by atoms with Gasteiger partial charge >= 0.3 is 6.03 Å². The van der Waals surface area contributed by atoms with Gasteiger partial charge in [0.05, 0.1) is 11.9 Å². The third-order valence-electron chi connectivity index (χ3n) is 3.45. The molecule has 21 heavy (non-hydrogen) atoms. The summed E-state index contributed by atoms with van der Waals surface area (Å²) in [5.41, 5.74) is 5.58. The Morgan fingerprint density at radius 2 is 2.00 bits per heavy atom. The Morgan fingerprint density at radius 1 is 1.29 bits per heavy atom. The minimum Gasteiger partial charge on any atom is -0.357 e. The summed E-state index contributed by atoms with van der Waals surface area (Å²) in [5, 5.41) is 5.01. The summed E-state index contributed by atoms with van der Waals surface area (Å²) in [4.78, 5) is 29.1. The van der Waals surface area contributed by atoms with Crippen molar-refractivity contribution in [1.29, 1.82) is 0 Å². The average molecular weight is 291 g/mol. The van der Waals surface area contributed by atoms with Gasteiger partial charge in [0, 0.05) is 13.1 Å². The molecule has 1 fully saturated rings. The van der Waals surface area contributed by atoms with Crippen LogP contribution in [0.15, 0.2) is 18.3 Å². The van der Waals surface area contributed by atoms with E-state index in [1.54, 1.807) is 13.1 Å². The largest absolute Gasteiger partial charge is 0.357 e. The van der Waals surface area contributed by atoms with Crippen molar-refractivity contribution in [3.63, 3.8) is 0 Å². The van der Waals surface area contributed by atoms with Crippen molar-refractivity contribution >= 4 is 23.4 Å². The molecule has 114 valence electrons. The van der Waals surface area contributed by atoms with E-state index < -0.39 is 12.1 Å². The molecule has 0 bridgehead atoms. The summed E-state index contributed by atoms with van der Waals surface area (Å²) in [6.45, 7) is 3.62. The zero-order valence-corrected chi connectivity index (χ0v) is 12.1. The first kappa shape index (κ1) is 15.1. The molecule has 0 unspecified atom stereocenters. The average Bonchev–Trinajstić information content (AvgIpc) is 2.48. The highest BCUT2D eigenvalue weighted by Crippen LogP contribution is 2.18. The molecule has 0 aromatic carbocycles. The van der Waals surface area contributed by atoms with Gasteiger partial charge in [-0.2, -0.15) is 0 Å². The highest BCUT2D eigenvalue weighted by Gasteiger charge is 2.15. The van der Waals surface area contributed by atoms with E-state index in [4.69, 9.17) is 5.73 Å². The maximum absolute atomic E-state index is 11.8. The van der Waals surface area contributed by atoms with Crippen molar-refractivity contribution < 1.29 is 9.59 Å². The Morgan fingerprint density at radius 3 is 2.57 bits per heavy atom. The highest BCUT2D eigenvalue weighted by atomic mass is 16.2. The van der Waals surface area contributed by atoms with Crippen LogP contribution in [0.25, 0.3) is 0 Å². The van der Waals surface area contributed by atoms with Crippen LogP contribution in [0.2, 0.25) is 0 Å². The number of aromatic nitrogens is 1. The van der Waals surface area contributed by atoms with E-state index >= 15 is 0 Å². The van der Waals surface area contributed by atoms with Gasteiger partial charge in [-0.25, -0.2) is 9.78 Å². The van der Waals surface area contributed by atoms with Crippen LogP contribution in [0.3, 0.4) is 0 Å². The second-order valence-electron chi connectivity index (χ2n) is 5.17. The van der Waals surface area contributed by atoms with E-state index in [1.165, 1.54) is 19.3 Å². The summed E-state index contributed by atoms with van der Waals surface area (Å²) in [6, 6.07) is 2.29. The van der Waals surface area contributed by atoms with Gasteiger partial charge in [-0.1, -0.05) is 0 Å². The van der Waals surface area contributed by atoms with Gasteiger partial charge in [0.2, 0.25) is 5.91 Å². The van der Waals surface area contributed by atoms with E-state index in [0.29, 0.717) is 5.69 Å². The number of primary amides is 1. The third-order valence-corrected chi connectivity index (χ3v) is 3.45. The monoisotopic (exact) mass is 291 g/mol. The number of hydrogen-bond donors (Lipinski definition) is 3. The summed E-state index contributed by atoms with van der Waals surface area (Å²) in [6.07, 6.45) is 5.28. The minimum absolute atomic E-state index is 0.332. The lowest BCUT2D eigenvalue weighted by Crippen LogP contribution is -2.44. The fourth-order valence-corrected chi connectivity index (χ4v) is 2.30. The van der Waals surface area contributed by atoms with Gasteiger partial charge in [-0.3, -0.25) is 4.79 Å². The minimum atomic E-state index is -0.726. The number of pyridine rings is 1. The number of carbonyl (C=O) groups is 2. The molecule has 1 aliphatic heterocycles. The number of carbonyl (C=O) groups excluding carboxylic acids is 2. The fraction of sp³-hybridized carbons (Fsp3) is 0.500. The number of amides is 3. The van der Waals surface area contributed by atoms with Crippen LogP contribution >= 0.6 is 0 Å². The van der Waals surface area contributed by atoms with Crippen molar-refractivity contribution in [1.82, 2.24) is 10.3 Å². The number of rotatable bonds is 4. The number of urea groups is 1. The first-order valence-electron chi connectivity index (χ1n) is 7.14. The SMILES string of the molecule is C[C@H](NC(N)=O)C(=O)Nc1ccc(N2CCCCC2)nc1. The number of nitrogens with one attached hydrogen (secondary N) is 2. The molecular weight excluding hydrogens is 270 g/mol. The first-order valence-corrected chi connectivity index (χ1v) is 7.14. The molecule has 0 aliphatic carbocycles. The zero-order valence-electron chi connectivity index (χ0n) is 12.1. The van der Waals surface area contributed by atoms with Crippen molar-refractivity contribution in [3.8, 4) is 0 Å². The van der Waals surface area contributed by atoms with E-state index in [-0.39, 0.29) is 5.91 Å². The molecule has 4 N–H and O–H groups in total. The molecule has 1 saturated heterocycles. The maximum Gasteiger partial charge on any atom is 0.312 e. The predicted molar refractivity (Wildman–Crippen MR) is 81.1 cm³/mol. The smallest absolute Gasteiger partial charge is 0.312 e. The second-order valence-corrected chi connectivity index (χ2v) is 5.17. The summed E-state index contributed by atoms with van der Waals surface area (Å²) in [7, 11) is 0. The molecular formula is C14H21N5O2. The van der Waals surface area contributed by atoms with Gasteiger partial charge in [-0.05, 0) is 38.3 Å². The molecule has 0 radical (unpaired) electrons. The Balaban J connectivity index is 1.92. The first-order chi connectivity index (χ1) is 10.1. The fourth-order valence-electron chi connectivity index (χ4n) is 2.30. The lowest BCUT2D eigenvalue weighted by molar-refractivity contribution is -0.117. The number of nitrogens with zero attached hydrogens (tertiary/aromatic N) is 2. The quantitative estimate of drug-likeness (QED) is 0.772. The Bertz CT molecular complexity index is 497. The number of hydrogen-bond acceptors (Lipinski definition) is 4. The molecule has 1 aromatic heterocycles. The topological polar surface area (TPSA) is 100 Å². The molecule has 0 saturated carbocycles.